The van der Waals surface area contributed by atoms with Gasteiger partial charge in [-0.05, 0) is 17.0 Å². The van der Waals surface area contributed by atoms with Crippen LogP contribution in [0.4, 0.5) is 0 Å². The van der Waals surface area contributed by atoms with Gasteiger partial charge in [0.05, 0.1) is 0 Å². The van der Waals surface area contributed by atoms with E-state index in [1.54, 1.807) is 12.1 Å². The molecule has 0 N–H and O–H groups in total. The number of carbonyl (C=O) groups excluding carboxylic acids is 1. The number of nitriles is 1. The minimum absolute atomic E-state index is 0.174. The first-order chi connectivity index (χ1) is 7.81. The summed E-state index contributed by atoms with van der Waals surface area (Å²) in [5.41, 5.74) is 1.79. The Hall–Kier alpha value is -2.40. The van der Waals surface area contributed by atoms with Crippen molar-refractivity contribution >= 4 is 22.6 Å². The molecular formula is C14H7NO. The highest BCUT2D eigenvalue weighted by molar-refractivity contribution is 6.24. The van der Waals surface area contributed by atoms with Crippen LogP contribution in [0.15, 0.2) is 42.0 Å². The summed E-state index contributed by atoms with van der Waals surface area (Å²) < 4.78 is 0. The molecule has 0 aliphatic heterocycles. The second kappa shape index (κ2) is 3.04. The molecule has 0 fully saturated rings. The van der Waals surface area contributed by atoms with Crippen molar-refractivity contribution in [3.05, 3.63) is 53.1 Å². The van der Waals surface area contributed by atoms with E-state index >= 15 is 0 Å². The minimum Gasteiger partial charge on any atom is -0.288 e. The molecule has 1 aliphatic carbocycles. The van der Waals surface area contributed by atoms with Crippen molar-refractivity contribution in [1.82, 2.24) is 0 Å². The first kappa shape index (κ1) is 8.87. The number of nitrogens with zero attached hydrogens (tertiary/aromatic N) is 1. The molecule has 0 aromatic heterocycles. The van der Waals surface area contributed by atoms with E-state index in [4.69, 9.17) is 5.26 Å². The molecule has 0 bridgehead atoms. The molecular weight excluding hydrogens is 198 g/mol. The third kappa shape index (κ3) is 1.03. The Morgan fingerprint density at radius 3 is 2.56 bits per heavy atom. The van der Waals surface area contributed by atoms with Crippen LogP contribution >= 0.6 is 0 Å². The van der Waals surface area contributed by atoms with E-state index in [0.29, 0.717) is 5.56 Å². The zero-order valence-electron chi connectivity index (χ0n) is 8.40. The fourth-order valence-corrected chi connectivity index (χ4v) is 2.13. The van der Waals surface area contributed by atoms with Crippen molar-refractivity contribution in [2.45, 2.75) is 0 Å². The standard InChI is InChI=1S/C14H7NO/c15-8-11-7-10-5-1-3-9-4-2-6-12(13(9)10)14(11)16/h1-7H. The molecule has 0 spiro atoms. The summed E-state index contributed by atoms with van der Waals surface area (Å²) in [6, 6.07) is 13.4. The normalized spacial score (nSPS) is 13.4. The van der Waals surface area contributed by atoms with E-state index < -0.39 is 0 Å². The van der Waals surface area contributed by atoms with Gasteiger partial charge in [-0.25, -0.2) is 0 Å². The zero-order chi connectivity index (χ0) is 11.1. The molecule has 0 unspecified atom stereocenters. The molecule has 2 aromatic rings. The van der Waals surface area contributed by atoms with Gasteiger partial charge in [0.15, 0.2) is 0 Å². The van der Waals surface area contributed by atoms with Crippen molar-refractivity contribution in [2.75, 3.05) is 0 Å². The highest BCUT2D eigenvalue weighted by Gasteiger charge is 2.20. The van der Waals surface area contributed by atoms with Crippen LogP contribution in [-0.4, -0.2) is 5.78 Å². The maximum atomic E-state index is 11.9. The van der Waals surface area contributed by atoms with Gasteiger partial charge < -0.3 is 0 Å². The Labute approximate surface area is 92.4 Å². The van der Waals surface area contributed by atoms with Gasteiger partial charge in [-0.2, -0.15) is 5.26 Å². The number of allylic oxidation sites excluding steroid dienone is 1. The lowest BCUT2D eigenvalue weighted by molar-refractivity contribution is 0.104. The van der Waals surface area contributed by atoms with Gasteiger partial charge in [-0.1, -0.05) is 36.4 Å². The highest BCUT2D eigenvalue weighted by Crippen LogP contribution is 2.30. The van der Waals surface area contributed by atoms with Crippen LogP contribution in [0.2, 0.25) is 0 Å². The summed E-state index contributed by atoms with van der Waals surface area (Å²) in [6.45, 7) is 0. The highest BCUT2D eigenvalue weighted by atomic mass is 16.1. The van der Waals surface area contributed by atoms with E-state index in [0.717, 1.165) is 16.3 Å². The fraction of sp³-hybridized carbons (Fsp3) is 0. The average molecular weight is 205 g/mol. The van der Waals surface area contributed by atoms with Gasteiger partial charge >= 0.3 is 0 Å². The van der Waals surface area contributed by atoms with E-state index in [1.165, 1.54) is 0 Å². The Kier molecular flexibility index (Phi) is 1.69. The Morgan fingerprint density at radius 1 is 1.06 bits per heavy atom. The molecule has 2 aromatic carbocycles. The van der Waals surface area contributed by atoms with Crippen LogP contribution in [0.5, 0.6) is 0 Å². The summed E-state index contributed by atoms with van der Waals surface area (Å²) in [5, 5.41) is 10.9. The molecule has 74 valence electrons. The molecule has 1 aliphatic rings. The monoisotopic (exact) mass is 205 g/mol. The zero-order valence-corrected chi connectivity index (χ0v) is 8.40. The molecule has 2 heteroatoms. The van der Waals surface area contributed by atoms with Crippen molar-refractivity contribution in [3.63, 3.8) is 0 Å². The quantitative estimate of drug-likeness (QED) is 0.663. The number of ketones is 1. The van der Waals surface area contributed by atoms with Gasteiger partial charge in [0.25, 0.3) is 0 Å². The Morgan fingerprint density at radius 2 is 1.81 bits per heavy atom. The number of carbonyl (C=O) groups is 1. The van der Waals surface area contributed by atoms with Crippen molar-refractivity contribution in [3.8, 4) is 6.07 Å². The van der Waals surface area contributed by atoms with Crippen LogP contribution in [-0.2, 0) is 0 Å². The summed E-state index contributed by atoms with van der Waals surface area (Å²) >= 11 is 0. The lowest BCUT2D eigenvalue weighted by Gasteiger charge is -2.12. The average Bonchev–Trinajstić information content (AvgIpc) is 2.33. The van der Waals surface area contributed by atoms with Gasteiger partial charge in [-0.15, -0.1) is 0 Å². The second-order valence-corrected chi connectivity index (χ2v) is 3.75. The minimum atomic E-state index is -0.174. The fourth-order valence-electron chi connectivity index (χ4n) is 2.13. The van der Waals surface area contributed by atoms with Crippen LogP contribution in [0, 0.1) is 11.3 Å². The predicted octanol–water partition coefficient (Wildman–Crippen LogP) is 2.94. The maximum absolute atomic E-state index is 11.9. The summed E-state index contributed by atoms with van der Waals surface area (Å²) in [6.07, 6.45) is 1.66. The first-order valence-corrected chi connectivity index (χ1v) is 4.99. The molecule has 3 rings (SSSR count). The van der Waals surface area contributed by atoms with Crippen LogP contribution in [0.3, 0.4) is 0 Å². The second-order valence-electron chi connectivity index (χ2n) is 3.75. The molecule has 0 heterocycles. The van der Waals surface area contributed by atoms with Crippen LogP contribution in [0.1, 0.15) is 15.9 Å². The molecule has 0 radical (unpaired) electrons. The van der Waals surface area contributed by atoms with Crippen molar-refractivity contribution in [1.29, 1.82) is 5.26 Å². The number of Topliss-reactive ketones (excluding diaryl/α,β-unsaturated/α-hetero) is 1. The molecule has 2 nitrogen and oxygen atoms in total. The number of benzene rings is 2. The Balaban J connectivity index is 2.51. The Bertz CT molecular complexity index is 684. The predicted molar refractivity (Wildman–Crippen MR) is 61.9 cm³/mol. The third-order valence-electron chi connectivity index (χ3n) is 2.85. The van der Waals surface area contributed by atoms with E-state index in [1.807, 2.05) is 36.4 Å². The molecule has 0 saturated carbocycles. The van der Waals surface area contributed by atoms with E-state index in [9.17, 15) is 4.79 Å². The molecule has 16 heavy (non-hydrogen) atoms. The maximum Gasteiger partial charge on any atom is 0.204 e. The van der Waals surface area contributed by atoms with Crippen molar-refractivity contribution in [2.24, 2.45) is 0 Å². The molecule has 0 atom stereocenters. The number of hydrogen-bond donors (Lipinski definition) is 0. The van der Waals surface area contributed by atoms with Crippen LogP contribution in [0.25, 0.3) is 16.8 Å². The topological polar surface area (TPSA) is 40.9 Å². The van der Waals surface area contributed by atoms with Gasteiger partial charge in [0, 0.05) is 10.9 Å². The lowest BCUT2D eigenvalue weighted by Crippen LogP contribution is -2.07. The van der Waals surface area contributed by atoms with Gasteiger partial charge in [-0.3, -0.25) is 4.79 Å². The van der Waals surface area contributed by atoms with Crippen molar-refractivity contribution < 1.29 is 4.79 Å². The smallest absolute Gasteiger partial charge is 0.204 e. The largest absolute Gasteiger partial charge is 0.288 e. The summed E-state index contributed by atoms with van der Waals surface area (Å²) in [7, 11) is 0. The summed E-state index contributed by atoms with van der Waals surface area (Å²) in [5.74, 6) is -0.174. The van der Waals surface area contributed by atoms with Gasteiger partial charge in [0.1, 0.15) is 11.6 Å². The SMILES string of the molecule is N#CC1=Cc2cccc3cccc(c23)C1=O. The summed E-state index contributed by atoms with van der Waals surface area (Å²) in [4.78, 5) is 11.9. The third-order valence-corrected chi connectivity index (χ3v) is 2.85. The van der Waals surface area contributed by atoms with Gasteiger partial charge in [0.2, 0.25) is 5.78 Å². The van der Waals surface area contributed by atoms with E-state index in [-0.39, 0.29) is 11.4 Å². The van der Waals surface area contributed by atoms with E-state index in [2.05, 4.69) is 0 Å². The molecule has 0 amide bonds. The first-order valence-electron chi connectivity index (χ1n) is 4.99. The number of rotatable bonds is 0. The molecule has 0 saturated heterocycles. The lowest BCUT2D eigenvalue weighted by atomic mass is 9.88. The van der Waals surface area contributed by atoms with Crippen LogP contribution < -0.4 is 0 Å². The number of hydrogen-bond acceptors (Lipinski definition) is 2.